The van der Waals surface area contributed by atoms with Gasteiger partial charge in [-0.1, -0.05) is 44.2 Å². The average molecular weight is 556 g/mol. The lowest BCUT2D eigenvalue weighted by atomic mass is 9.88. The Bertz CT molecular complexity index is 1060. The molecule has 1 aromatic heterocycles. The molecule has 0 unspecified atom stereocenters. The topological polar surface area (TPSA) is 112 Å². The van der Waals surface area contributed by atoms with Crippen LogP contribution in [0.3, 0.4) is 0 Å². The number of aliphatic hydroxyl groups excluding tert-OH is 1. The lowest BCUT2D eigenvalue weighted by Crippen LogP contribution is -2.50. The molecule has 0 aliphatic carbocycles. The molecule has 2 aliphatic heterocycles. The van der Waals surface area contributed by atoms with Gasteiger partial charge in [0.25, 0.3) is 0 Å². The minimum atomic E-state index is -1.44. The summed E-state index contributed by atoms with van der Waals surface area (Å²) in [4.78, 5) is 33.9. The smallest absolute Gasteiger partial charge is 0.410 e. The average Bonchev–Trinajstić information content (AvgIpc) is 2.92. The molecule has 0 saturated carbocycles. The van der Waals surface area contributed by atoms with Crippen LogP contribution >= 0.6 is 0 Å². The van der Waals surface area contributed by atoms with Crippen molar-refractivity contribution in [3.63, 3.8) is 0 Å². The predicted molar refractivity (Wildman–Crippen MR) is 154 cm³/mol. The van der Waals surface area contributed by atoms with Crippen LogP contribution in [0.1, 0.15) is 58.6 Å². The first kappa shape index (κ1) is 31.5. The van der Waals surface area contributed by atoms with Crippen LogP contribution in [0.5, 0.6) is 0 Å². The molecule has 0 bridgehead atoms. The second-order valence-electron chi connectivity index (χ2n) is 11.3. The van der Waals surface area contributed by atoms with Gasteiger partial charge in [-0.05, 0) is 57.5 Å². The molecule has 9 heteroatoms. The Kier molecular flexibility index (Phi) is 11.5. The number of likely N-dealkylation sites (N-methyl/N-ethyl adjacent to an activating group) is 1. The molecule has 1 saturated heterocycles. The number of esters is 1. The molecule has 3 rings (SSSR count). The van der Waals surface area contributed by atoms with E-state index in [9.17, 15) is 19.8 Å². The number of piperazine rings is 1. The van der Waals surface area contributed by atoms with Crippen molar-refractivity contribution >= 4 is 12.1 Å². The third kappa shape index (κ3) is 9.28. The molecule has 0 spiro atoms. The standard InChI is InChI=1S/C31H45N3O6/c1-22(26-11-6-7-16-32-26)9-8-10-23(2)29-24(3)12-13-27(39-30(37)34-19-17-33(5)18-20-34)31(4,38)15-14-25(35)21-28(36)40-29/h6-13,16,22,24-25,27,29,35,38H,14-15,17-21H2,1-5H3/t22-,24+,25-,27+,29-,31-/m1/s1. The van der Waals surface area contributed by atoms with Crippen molar-refractivity contribution in [2.45, 2.75) is 76.8 Å². The fraction of sp³-hybridized carbons (Fsp3) is 0.581. The molecule has 220 valence electrons. The number of aliphatic hydroxyl groups is 2. The number of amides is 1. The van der Waals surface area contributed by atoms with Crippen molar-refractivity contribution in [3.05, 3.63) is 66.0 Å². The minimum Gasteiger partial charge on any atom is -0.457 e. The van der Waals surface area contributed by atoms with Crippen molar-refractivity contribution in [2.75, 3.05) is 33.2 Å². The summed E-state index contributed by atoms with van der Waals surface area (Å²) in [7, 11) is 2.01. The number of hydrogen-bond donors (Lipinski definition) is 2. The summed E-state index contributed by atoms with van der Waals surface area (Å²) in [5.41, 5.74) is 0.337. The second-order valence-corrected chi connectivity index (χ2v) is 11.3. The van der Waals surface area contributed by atoms with Gasteiger partial charge in [0.1, 0.15) is 11.7 Å². The molecule has 0 radical (unpaired) electrons. The zero-order valence-electron chi connectivity index (χ0n) is 24.4. The Morgan fingerprint density at radius 3 is 2.65 bits per heavy atom. The van der Waals surface area contributed by atoms with E-state index < -0.39 is 36.0 Å². The molecular weight excluding hydrogens is 510 g/mol. The van der Waals surface area contributed by atoms with Crippen LogP contribution in [0, 0.1) is 5.92 Å². The molecule has 40 heavy (non-hydrogen) atoms. The zero-order valence-corrected chi connectivity index (χ0v) is 24.4. The summed E-state index contributed by atoms with van der Waals surface area (Å²) in [6.07, 6.45) is 8.23. The first-order chi connectivity index (χ1) is 19.0. The van der Waals surface area contributed by atoms with E-state index >= 15 is 0 Å². The van der Waals surface area contributed by atoms with E-state index in [0.717, 1.165) is 24.4 Å². The van der Waals surface area contributed by atoms with Crippen molar-refractivity contribution < 1.29 is 29.3 Å². The van der Waals surface area contributed by atoms with E-state index in [-0.39, 0.29) is 31.1 Å². The van der Waals surface area contributed by atoms with Gasteiger partial charge in [0, 0.05) is 49.9 Å². The number of carbonyl (C=O) groups is 2. The molecule has 2 N–H and O–H groups in total. The van der Waals surface area contributed by atoms with Crippen molar-refractivity contribution in [2.24, 2.45) is 5.92 Å². The number of allylic oxidation sites excluding steroid dienone is 3. The van der Waals surface area contributed by atoms with E-state index in [0.29, 0.717) is 13.1 Å². The fourth-order valence-corrected chi connectivity index (χ4v) is 4.84. The summed E-state index contributed by atoms with van der Waals surface area (Å²) in [6, 6.07) is 5.80. The highest BCUT2D eigenvalue weighted by Gasteiger charge is 2.36. The third-order valence-corrected chi connectivity index (χ3v) is 7.68. The minimum absolute atomic E-state index is 0.106. The van der Waals surface area contributed by atoms with Gasteiger partial charge in [-0.3, -0.25) is 9.78 Å². The second kappa shape index (κ2) is 14.6. The maximum atomic E-state index is 13.0. The normalized spacial score (nSPS) is 30.3. The number of hydrogen-bond acceptors (Lipinski definition) is 8. The highest BCUT2D eigenvalue weighted by molar-refractivity contribution is 5.70. The van der Waals surface area contributed by atoms with Crippen LogP contribution in [-0.2, 0) is 14.3 Å². The van der Waals surface area contributed by atoms with Gasteiger partial charge in [-0.2, -0.15) is 0 Å². The molecule has 9 nitrogen and oxygen atoms in total. The van der Waals surface area contributed by atoms with E-state index in [1.807, 2.05) is 63.4 Å². The Balaban J connectivity index is 1.81. The molecule has 6 atom stereocenters. The maximum absolute atomic E-state index is 13.0. The number of carbonyl (C=O) groups excluding carboxylic acids is 2. The lowest BCUT2D eigenvalue weighted by Gasteiger charge is -2.36. The number of cyclic esters (lactones) is 1. The quantitative estimate of drug-likeness (QED) is 0.320. The number of nitrogens with zero attached hydrogens (tertiary/aromatic N) is 3. The van der Waals surface area contributed by atoms with Crippen molar-refractivity contribution in [3.8, 4) is 0 Å². The van der Waals surface area contributed by atoms with Crippen LogP contribution in [0.2, 0.25) is 0 Å². The molecule has 3 heterocycles. The van der Waals surface area contributed by atoms with Crippen LogP contribution in [0.4, 0.5) is 4.79 Å². The molecule has 1 fully saturated rings. The monoisotopic (exact) mass is 555 g/mol. The highest BCUT2D eigenvalue weighted by Crippen LogP contribution is 2.27. The molecule has 0 aromatic carbocycles. The van der Waals surface area contributed by atoms with Crippen molar-refractivity contribution in [1.82, 2.24) is 14.8 Å². The lowest BCUT2D eigenvalue weighted by molar-refractivity contribution is -0.151. The van der Waals surface area contributed by atoms with Gasteiger partial charge in [-0.25, -0.2) is 4.79 Å². The van der Waals surface area contributed by atoms with Crippen LogP contribution < -0.4 is 0 Å². The van der Waals surface area contributed by atoms with Gasteiger partial charge in [0.15, 0.2) is 6.10 Å². The molecule has 1 aromatic rings. The largest absolute Gasteiger partial charge is 0.457 e. The summed E-state index contributed by atoms with van der Waals surface area (Å²) in [5.74, 6) is -0.692. The van der Waals surface area contributed by atoms with Gasteiger partial charge >= 0.3 is 12.1 Å². The fourth-order valence-electron chi connectivity index (χ4n) is 4.84. The van der Waals surface area contributed by atoms with Gasteiger partial charge in [0.2, 0.25) is 0 Å². The number of pyridine rings is 1. The first-order valence-electron chi connectivity index (χ1n) is 14.1. The Hall–Kier alpha value is -3.01. The van der Waals surface area contributed by atoms with Crippen molar-refractivity contribution in [1.29, 1.82) is 0 Å². The summed E-state index contributed by atoms with van der Waals surface area (Å²) in [6.45, 7) is 10.1. The maximum Gasteiger partial charge on any atom is 0.410 e. The van der Waals surface area contributed by atoms with E-state index in [1.54, 1.807) is 24.1 Å². The van der Waals surface area contributed by atoms with E-state index in [2.05, 4.69) is 16.8 Å². The molecular formula is C31H45N3O6. The van der Waals surface area contributed by atoms with Gasteiger partial charge < -0.3 is 29.5 Å². The Morgan fingerprint density at radius 2 is 1.98 bits per heavy atom. The summed E-state index contributed by atoms with van der Waals surface area (Å²) < 4.78 is 11.7. The Morgan fingerprint density at radius 1 is 1.25 bits per heavy atom. The van der Waals surface area contributed by atoms with E-state index in [4.69, 9.17) is 9.47 Å². The zero-order chi connectivity index (χ0) is 29.3. The van der Waals surface area contributed by atoms with Gasteiger partial charge in [-0.15, -0.1) is 0 Å². The highest BCUT2D eigenvalue weighted by atomic mass is 16.6. The Labute approximate surface area is 238 Å². The number of rotatable bonds is 5. The van der Waals surface area contributed by atoms with E-state index in [1.165, 1.54) is 0 Å². The summed E-state index contributed by atoms with van der Waals surface area (Å²) in [5, 5.41) is 21.8. The van der Waals surface area contributed by atoms with Crippen LogP contribution in [0.15, 0.2) is 60.3 Å². The molecule has 2 aliphatic rings. The predicted octanol–water partition coefficient (Wildman–Crippen LogP) is 3.84. The van der Waals surface area contributed by atoms with Gasteiger partial charge in [0.05, 0.1) is 12.5 Å². The number of aromatic nitrogens is 1. The molecule has 1 amide bonds. The first-order valence-corrected chi connectivity index (χ1v) is 14.1. The SMILES string of the molecule is CC(=CC=C[C@@H](C)c1ccccn1)[C@H]1OC(=O)C[C@H](O)CC[C@@](C)(O)[C@@H](OC(=O)N2CCN(C)CC2)C=C[C@@H]1C. The third-order valence-electron chi connectivity index (χ3n) is 7.68. The van der Waals surface area contributed by atoms with Crippen LogP contribution in [-0.4, -0.2) is 94.2 Å². The number of ether oxygens (including phenoxy) is 2. The summed E-state index contributed by atoms with van der Waals surface area (Å²) >= 11 is 0. The van der Waals surface area contributed by atoms with Crippen LogP contribution in [0.25, 0.3) is 0 Å².